The van der Waals surface area contributed by atoms with Crippen LogP contribution in [-0.2, 0) is 19.0 Å². The highest BCUT2D eigenvalue weighted by Crippen LogP contribution is 2.61. The van der Waals surface area contributed by atoms with Gasteiger partial charge in [-0.1, -0.05) is 44.3 Å². The van der Waals surface area contributed by atoms with Crippen LogP contribution < -0.4 is 0 Å². The van der Waals surface area contributed by atoms with Crippen LogP contribution in [0.15, 0.2) is 12.2 Å². The molecule has 7 atom stereocenters. The molecule has 0 aromatic carbocycles. The van der Waals surface area contributed by atoms with Crippen molar-refractivity contribution in [3.63, 3.8) is 0 Å². The molecule has 138 valence electrons. The largest absolute Gasteiger partial charge is 0.438 e. The van der Waals surface area contributed by atoms with E-state index in [0.29, 0.717) is 23.7 Å². The van der Waals surface area contributed by atoms with E-state index in [1.165, 1.54) is 38.5 Å². The second kappa shape index (κ2) is 6.70. The average Bonchev–Trinajstić information content (AvgIpc) is 3.35. The third kappa shape index (κ3) is 2.86. The Morgan fingerprint density at radius 2 is 1.68 bits per heavy atom. The van der Waals surface area contributed by atoms with E-state index in [0.717, 1.165) is 19.3 Å². The SMILES string of the molecule is O=C(OCOC1CCCCCCC1)C1CC2OC1C1C3C=CC(C3)C21. The van der Waals surface area contributed by atoms with Gasteiger partial charge in [-0.25, -0.2) is 0 Å². The monoisotopic (exact) mass is 346 g/mol. The van der Waals surface area contributed by atoms with Gasteiger partial charge in [-0.05, 0) is 49.4 Å². The zero-order valence-electron chi connectivity index (χ0n) is 15.0. The van der Waals surface area contributed by atoms with Gasteiger partial charge in [-0.2, -0.15) is 0 Å². The van der Waals surface area contributed by atoms with Crippen molar-refractivity contribution in [1.82, 2.24) is 0 Å². The lowest BCUT2D eigenvalue weighted by molar-refractivity contribution is -0.169. The van der Waals surface area contributed by atoms with Gasteiger partial charge in [-0.15, -0.1) is 0 Å². The number of esters is 1. The van der Waals surface area contributed by atoms with Gasteiger partial charge < -0.3 is 14.2 Å². The van der Waals surface area contributed by atoms with E-state index in [9.17, 15) is 4.79 Å². The van der Waals surface area contributed by atoms with E-state index in [1.807, 2.05) is 0 Å². The minimum atomic E-state index is -0.0939. The van der Waals surface area contributed by atoms with Crippen molar-refractivity contribution in [2.45, 2.75) is 76.1 Å². The third-order valence-corrected chi connectivity index (χ3v) is 7.47. The van der Waals surface area contributed by atoms with Gasteiger partial charge in [0, 0.05) is 0 Å². The van der Waals surface area contributed by atoms with Gasteiger partial charge in [0.05, 0.1) is 24.2 Å². The summed E-state index contributed by atoms with van der Waals surface area (Å²) in [6.45, 7) is 0.122. The smallest absolute Gasteiger partial charge is 0.313 e. The highest BCUT2D eigenvalue weighted by atomic mass is 16.7. The predicted molar refractivity (Wildman–Crippen MR) is 92.6 cm³/mol. The Morgan fingerprint density at radius 1 is 0.960 bits per heavy atom. The highest BCUT2D eigenvalue weighted by Gasteiger charge is 2.64. The molecule has 0 aromatic heterocycles. The molecule has 4 heteroatoms. The summed E-state index contributed by atoms with van der Waals surface area (Å²) in [5, 5.41) is 0. The van der Waals surface area contributed by atoms with E-state index in [2.05, 4.69) is 12.2 Å². The molecule has 2 saturated heterocycles. The molecule has 0 amide bonds. The molecule has 5 rings (SSSR count). The van der Waals surface area contributed by atoms with E-state index >= 15 is 0 Å². The molecule has 4 fully saturated rings. The van der Waals surface area contributed by atoms with Crippen molar-refractivity contribution >= 4 is 5.97 Å². The summed E-state index contributed by atoms with van der Waals surface area (Å²) in [7, 11) is 0. The number of fused-ring (bicyclic) bond motifs is 9. The lowest BCUT2D eigenvalue weighted by Gasteiger charge is -2.32. The summed E-state index contributed by atoms with van der Waals surface area (Å²) in [5.74, 6) is 2.38. The molecular formula is C21H30O4. The van der Waals surface area contributed by atoms with Gasteiger partial charge >= 0.3 is 5.97 Å². The topological polar surface area (TPSA) is 44.8 Å². The highest BCUT2D eigenvalue weighted by molar-refractivity contribution is 5.74. The van der Waals surface area contributed by atoms with Gasteiger partial charge in [-0.3, -0.25) is 4.79 Å². The van der Waals surface area contributed by atoms with Crippen LogP contribution in [0.2, 0.25) is 0 Å². The van der Waals surface area contributed by atoms with Crippen molar-refractivity contribution in [2.75, 3.05) is 6.79 Å². The fourth-order valence-electron chi connectivity index (χ4n) is 6.34. The predicted octanol–water partition coefficient (Wildman–Crippen LogP) is 3.84. The maximum Gasteiger partial charge on any atom is 0.313 e. The number of hydrogen-bond acceptors (Lipinski definition) is 4. The fourth-order valence-corrected chi connectivity index (χ4v) is 6.34. The standard InChI is InChI=1S/C21H30O4/c22-21(24-12-23-15-6-4-2-1-3-5-7-15)16-11-17-18-13-8-9-14(10-13)19(18)20(16)25-17/h8-9,13-20H,1-7,10-12H2. The molecule has 0 spiro atoms. The first-order chi connectivity index (χ1) is 12.3. The minimum Gasteiger partial charge on any atom is -0.438 e. The molecule has 7 unspecified atom stereocenters. The summed E-state index contributed by atoms with van der Waals surface area (Å²) in [4.78, 5) is 12.6. The van der Waals surface area contributed by atoms with E-state index < -0.39 is 0 Å². The molecule has 0 N–H and O–H groups in total. The molecule has 5 aliphatic rings. The van der Waals surface area contributed by atoms with Crippen molar-refractivity contribution in [3.05, 3.63) is 12.2 Å². The summed E-state index contributed by atoms with van der Waals surface area (Å²) >= 11 is 0. The number of rotatable bonds is 4. The lowest BCUT2D eigenvalue weighted by Crippen LogP contribution is -2.39. The average molecular weight is 346 g/mol. The number of hydrogen-bond donors (Lipinski definition) is 0. The molecule has 4 nitrogen and oxygen atoms in total. The Morgan fingerprint density at radius 3 is 2.48 bits per heavy atom. The Hall–Kier alpha value is -0.870. The van der Waals surface area contributed by atoms with Crippen molar-refractivity contribution < 1.29 is 19.0 Å². The first-order valence-corrected chi connectivity index (χ1v) is 10.4. The van der Waals surface area contributed by atoms with Crippen molar-refractivity contribution in [3.8, 4) is 0 Å². The second-order valence-corrected chi connectivity index (χ2v) is 8.80. The number of allylic oxidation sites excluding steroid dienone is 2. The van der Waals surface area contributed by atoms with Gasteiger partial charge in [0.2, 0.25) is 0 Å². The summed E-state index contributed by atoms with van der Waals surface area (Å²) in [5.41, 5.74) is 0. The van der Waals surface area contributed by atoms with Gasteiger partial charge in [0.1, 0.15) is 0 Å². The van der Waals surface area contributed by atoms with Crippen molar-refractivity contribution in [1.29, 1.82) is 0 Å². The fraction of sp³-hybridized carbons (Fsp3) is 0.857. The Labute approximate surface area is 150 Å². The molecule has 4 bridgehead atoms. The summed E-state index contributed by atoms with van der Waals surface area (Å²) in [6, 6.07) is 0. The Bertz CT molecular complexity index is 536. The van der Waals surface area contributed by atoms with Crippen LogP contribution in [0.5, 0.6) is 0 Å². The molecule has 3 aliphatic carbocycles. The van der Waals surface area contributed by atoms with Crippen LogP contribution in [-0.4, -0.2) is 31.1 Å². The zero-order valence-corrected chi connectivity index (χ0v) is 15.0. The number of ether oxygens (including phenoxy) is 3. The van der Waals surface area contributed by atoms with Crippen molar-refractivity contribution in [2.24, 2.45) is 29.6 Å². The van der Waals surface area contributed by atoms with Crippen LogP contribution in [0.1, 0.15) is 57.8 Å². The lowest BCUT2D eigenvalue weighted by atomic mass is 9.69. The normalized spacial score (nSPS) is 45.4. The first kappa shape index (κ1) is 16.3. The molecule has 2 heterocycles. The van der Waals surface area contributed by atoms with Crippen LogP contribution in [0.4, 0.5) is 0 Å². The maximum atomic E-state index is 12.6. The zero-order chi connectivity index (χ0) is 16.8. The quantitative estimate of drug-likeness (QED) is 0.441. The van der Waals surface area contributed by atoms with E-state index in [-0.39, 0.29) is 37.0 Å². The van der Waals surface area contributed by atoms with Gasteiger partial charge in [0.25, 0.3) is 0 Å². The number of carbonyl (C=O) groups excluding carboxylic acids is 1. The van der Waals surface area contributed by atoms with Crippen LogP contribution in [0, 0.1) is 29.6 Å². The summed E-state index contributed by atoms with van der Waals surface area (Å²) in [6.07, 6.45) is 16.1. The molecule has 0 radical (unpaired) electrons. The minimum absolute atomic E-state index is 0.0695. The van der Waals surface area contributed by atoms with E-state index in [1.54, 1.807) is 0 Å². The molecule has 2 aliphatic heterocycles. The third-order valence-electron chi connectivity index (χ3n) is 7.47. The Balaban J connectivity index is 1.12. The molecular weight excluding hydrogens is 316 g/mol. The number of carbonyl (C=O) groups is 1. The molecule has 25 heavy (non-hydrogen) atoms. The second-order valence-electron chi connectivity index (χ2n) is 8.80. The van der Waals surface area contributed by atoms with Crippen LogP contribution in [0.25, 0.3) is 0 Å². The first-order valence-electron chi connectivity index (χ1n) is 10.4. The van der Waals surface area contributed by atoms with Crippen LogP contribution >= 0.6 is 0 Å². The van der Waals surface area contributed by atoms with Crippen LogP contribution in [0.3, 0.4) is 0 Å². The Kier molecular flexibility index (Phi) is 4.37. The van der Waals surface area contributed by atoms with Gasteiger partial charge in [0.15, 0.2) is 6.79 Å². The maximum absolute atomic E-state index is 12.6. The molecule has 2 saturated carbocycles. The van der Waals surface area contributed by atoms with E-state index in [4.69, 9.17) is 14.2 Å². The molecule has 0 aromatic rings. The summed E-state index contributed by atoms with van der Waals surface area (Å²) < 4.78 is 17.6.